The summed E-state index contributed by atoms with van der Waals surface area (Å²) in [5, 5.41) is 11.5. The molecule has 28 heavy (non-hydrogen) atoms. The van der Waals surface area contributed by atoms with Gasteiger partial charge in [-0.1, -0.05) is 37.0 Å². The predicted molar refractivity (Wildman–Crippen MR) is 105 cm³/mol. The highest BCUT2D eigenvalue weighted by atomic mass is 35.5. The first kappa shape index (κ1) is 21.2. The quantitative estimate of drug-likeness (QED) is 0.318. The van der Waals surface area contributed by atoms with Crippen LogP contribution in [0.25, 0.3) is 5.69 Å². The summed E-state index contributed by atoms with van der Waals surface area (Å²) >= 11 is 12.3. The van der Waals surface area contributed by atoms with Crippen molar-refractivity contribution in [3.63, 3.8) is 0 Å². The third-order valence-corrected chi connectivity index (χ3v) is 4.05. The maximum Gasteiger partial charge on any atom is 0.349 e. The van der Waals surface area contributed by atoms with Crippen LogP contribution in [-0.2, 0) is 4.79 Å². The van der Waals surface area contributed by atoms with Crippen LogP contribution in [0.5, 0.6) is 5.75 Å². The van der Waals surface area contributed by atoms with E-state index in [1.54, 1.807) is 13.8 Å². The van der Waals surface area contributed by atoms with Crippen LogP contribution in [-0.4, -0.2) is 26.6 Å². The maximum absolute atomic E-state index is 11.9. The molecule has 0 unspecified atom stereocenters. The standard InChI is InChI=1S/C16H16Cl2N6O4/c1-6(2)8(14(21)25)5-11(19)28-12-9(17)3-7(4-10(12)18)24-16(27)22-15(26)13(20)23-24/h3-6,19H,1-2H3,(H2,20,23)(H2,21,25)(H,22,26,27)/b8-5-,19-11?. The average molecular weight is 427 g/mol. The van der Waals surface area contributed by atoms with Crippen molar-refractivity contribution in [1.29, 1.82) is 5.41 Å². The monoisotopic (exact) mass is 426 g/mol. The van der Waals surface area contributed by atoms with Gasteiger partial charge in [0.1, 0.15) is 0 Å². The topological polar surface area (TPSA) is 170 Å². The first-order valence-corrected chi connectivity index (χ1v) is 8.53. The Labute approximate surface area is 168 Å². The zero-order valence-corrected chi connectivity index (χ0v) is 16.3. The summed E-state index contributed by atoms with van der Waals surface area (Å²) in [6, 6.07) is 2.56. The molecular formula is C16H16Cl2N6O4. The number of halogens is 2. The Morgan fingerprint density at radius 1 is 1.32 bits per heavy atom. The number of nitrogen functional groups attached to an aromatic ring is 1. The summed E-state index contributed by atoms with van der Waals surface area (Å²) in [7, 11) is 0. The lowest BCUT2D eigenvalue weighted by molar-refractivity contribution is -0.115. The van der Waals surface area contributed by atoms with Crippen LogP contribution >= 0.6 is 23.2 Å². The molecule has 0 atom stereocenters. The molecule has 0 fully saturated rings. The number of ether oxygens (including phenoxy) is 1. The summed E-state index contributed by atoms with van der Waals surface area (Å²) in [6.07, 6.45) is 1.17. The molecule has 1 aromatic carbocycles. The number of nitrogens with zero attached hydrogens (tertiary/aromatic N) is 2. The Morgan fingerprint density at radius 3 is 2.39 bits per heavy atom. The molecule has 0 saturated carbocycles. The van der Waals surface area contributed by atoms with Crippen LogP contribution in [0, 0.1) is 11.3 Å². The van der Waals surface area contributed by atoms with Gasteiger partial charge in [-0.3, -0.25) is 20.0 Å². The van der Waals surface area contributed by atoms with Crippen molar-refractivity contribution < 1.29 is 9.53 Å². The number of anilines is 1. The van der Waals surface area contributed by atoms with Crippen LogP contribution in [0.3, 0.4) is 0 Å². The van der Waals surface area contributed by atoms with E-state index in [2.05, 4.69) is 5.10 Å². The van der Waals surface area contributed by atoms with Crippen LogP contribution < -0.4 is 27.5 Å². The van der Waals surface area contributed by atoms with E-state index in [-0.39, 0.29) is 33.0 Å². The van der Waals surface area contributed by atoms with E-state index in [1.807, 2.05) is 4.98 Å². The number of aromatic nitrogens is 3. The number of nitrogens with one attached hydrogen (secondary N) is 2. The predicted octanol–water partition coefficient (Wildman–Crippen LogP) is 1.23. The van der Waals surface area contributed by atoms with Crippen LogP contribution in [0.4, 0.5) is 5.82 Å². The van der Waals surface area contributed by atoms with Gasteiger partial charge in [0.2, 0.25) is 17.6 Å². The lowest BCUT2D eigenvalue weighted by Gasteiger charge is -2.12. The summed E-state index contributed by atoms with van der Waals surface area (Å²) in [4.78, 5) is 36.7. The molecule has 0 aliphatic heterocycles. The zero-order chi connectivity index (χ0) is 21.2. The number of nitrogens with two attached hydrogens (primary N) is 2. The number of primary amides is 1. The molecule has 2 aromatic rings. The Bertz CT molecular complexity index is 1080. The van der Waals surface area contributed by atoms with Crippen LogP contribution in [0.1, 0.15) is 13.8 Å². The molecular weight excluding hydrogens is 411 g/mol. The van der Waals surface area contributed by atoms with Gasteiger partial charge in [0.05, 0.1) is 15.7 Å². The van der Waals surface area contributed by atoms with Crippen molar-refractivity contribution in [3.05, 3.63) is 54.7 Å². The molecule has 0 aliphatic carbocycles. The Kier molecular flexibility index (Phi) is 6.26. The molecule has 10 nitrogen and oxygen atoms in total. The molecule has 0 aliphatic rings. The minimum atomic E-state index is -0.848. The molecule has 2 rings (SSSR count). The van der Waals surface area contributed by atoms with Crippen molar-refractivity contribution in [2.45, 2.75) is 13.8 Å². The van der Waals surface area contributed by atoms with E-state index in [4.69, 9.17) is 44.8 Å². The van der Waals surface area contributed by atoms with Gasteiger partial charge in [0.25, 0.3) is 5.56 Å². The van der Waals surface area contributed by atoms with Crippen LogP contribution in [0.2, 0.25) is 10.0 Å². The van der Waals surface area contributed by atoms with Gasteiger partial charge in [-0.2, -0.15) is 4.68 Å². The van der Waals surface area contributed by atoms with Crippen molar-refractivity contribution >= 4 is 40.8 Å². The van der Waals surface area contributed by atoms with Gasteiger partial charge in [-0.15, -0.1) is 5.10 Å². The van der Waals surface area contributed by atoms with Gasteiger partial charge in [-0.25, -0.2) is 4.79 Å². The fourth-order valence-corrected chi connectivity index (χ4v) is 2.71. The van der Waals surface area contributed by atoms with Crippen molar-refractivity contribution in [3.8, 4) is 11.4 Å². The minimum absolute atomic E-state index is 0.0516. The molecule has 1 amide bonds. The SMILES string of the molecule is CC(C)/C(=C/C(=N)Oc1c(Cl)cc(-n2nc(N)c(=O)[nH]c2=O)cc1Cl)C(N)=O. The molecule has 1 aromatic heterocycles. The highest BCUT2D eigenvalue weighted by Crippen LogP contribution is 2.35. The fourth-order valence-electron chi connectivity index (χ4n) is 2.16. The largest absolute Gasteiger partial charge is 0.436 e. The second-order valence-corrected chi connectivity index (χ2v) is 6.69. The van der Waals surface area contributed by atoms with Crippen molar-refractivity contribution in [1.82, 2.24) is 14.8 Å². The number of carbonyl (C=O) groups excluding carboxylic acids is 1. The first-order chi connectivity index (χ1) is 13.0. The van der Waals surface area contributed by atoms with E-state index in [1.165, 1.54) is 18.2 Å². The molecule has 0 spiro atoms. The number of rotatable bonds is 5. The molecule has 12 heteroatoms. The number of H-pyrrole nitrogens is 1. The fraction of sp³-hybridized carbons (Fsp3) is 0.188. The average Bonchev–Trinajstić information content (AvgIpc) is 2.58. The van der Waals surface area contributed by atoms with Crippen molar-refractivity contribution in [2.75, 3.05) is 5.73 Å². The molecule has 0 bridgehead atoms. The number of aromatic amines is 1. The van der Waals surface area contributed by atoms with Crippen molar-refractivity contribution in [2.24, 2.45) is 11.7 Å². The zero-order valence-electron chi connectivity index (χ0n) is 14.7. The minimum Gasteiger partial charge on any atom is -0.436 e. The van der Waals surface area contributed by atoms with E-state index < -0.39 is 28.9 Å². The first-order valence-electron chi connectivity index (χ1n) is 7.77. The highest BCUT2D eigenvalue weighted by molar-refractivity contribution is 6.37. The summed E-state index contributed by atoms with van der Waals surface area (Å²) in [5.41, 5.74) is 9.31. The molecule has 6 N–H and O–H groups in total. The second-order valence-electron chi connectivity index (χ2n) is 5.88. The number of hydrogen-bond donors (Lipinski definition) is 4. The summed E-state index contributed by atoms with van der Waals surface area (Å²) < 4.78 is 6.11. The number of amides is 1. The van der Waals surface area contributed by atoms with E-state index in [0.717, 1.165) is 4.68 Å². The number of benzene rings is 1. The Hall–Kier alpha value is -3.11. The van der Waals surface area contributed by atoms with E-state index >= 15 is 0 Å². The van der Waals surface area contributed by atoms with E-state index in [9.17, 15) is 14.4 Å². The molecule has 0 radical (unpaired) electrons. The third-order valence-electron chi connectivity index (χ3n) is 3.49. The number of carbonyl (C=O) groups is 1. The Balaban J connectivity index is 2.43. The van der Waals surface area contributed by atoms with Crippen LogP contribution in [0.15, 0.2) is 33.4 Å². The molecule has 1 heterocycles. The lowest BCUT2D eigenvalue weighted by Crippen LogP contribution is -2.33. The summed E-state index contributed by atoms with van der Waals surface area (Å²) in [6.45, 7) is 3.47. The number of hydrogen-bond acceptors (Lipinski definition) is 7. The summed E-state index contributed by atoms with van der Waals surface area (Å²) in [5.74, 6) is -1.82. The lowest BCUT2D eigenvalue weighted by atomic mass is 10.0. The molecule has 0 saturated heterocycles. The second kappa shape index (κ2) is 8.28. The Morgan fingerprint density at radius 2 is 1.89 bits per heavy atom. The smallest absolute Gasteiger partial charge is 0.349 e. The van der Waals surface area contributed by atoms with Gasteiger partial charge < -0.3 is 16.2 Å². The van der Waals surface area contributed by atoms with Gasteiger partial charge >= 0.3 is 5.69 Å². The molecule has 148 valence electrons. The van der Waals surface area contributed by atoms with Gasteiger partial charge in [0.15, 0.2) is 5.75 Å². The van der Waals surface area contributed by atoms with E-state index in [0.29, 0.717) is 0 Å². The normalized spacial score (nSPS) is 11.5. The van der Waals surface area contributed by atoms with Gasteiger partial charge in [0, 0.05) is 11.6 Å². The maximum atomic E-state index is 11.9. The third kappa shape index (κ3) is 4.59. The highest BCUT2D eigenvalue weighted by Gasteiger charge is 2.16. The van der Waals surface area contributed by atoms with Gasteiger partial charge in [-0.05, 0) is 18.1 Å².